The number of nitrogens with one attached hydrogen (secondary N) is 1. The second-order valence-corrected chi connectivity index (χ2v) is 8.09. The van der Waals surface area contributed by atoms with E-state index >= 15 is 0 Å². The van der Waals surface area contributed by atoms with E-state index in [0.717, 1.165) is 0 Å². The lowest BCUT2D eigenvalue weighted by Gasteiger charge is -2.36. The molecule has 1 aromatic rings. The Bertz CT molecular complexity index is 600. The van der Waals surface area contributed by atoms with E-state index in [1.165, 1.54) is 6.26 Å². The summed E-state index contributed by atoms with van der Waals surface area (Å²) in [5.74, 6) is 0.00417. The van der Waals surface area contributed by atoms with E-state index in [0.29, 0.717) is 24.2 Å². The molecule has 0 aliphatic carbocycles. The number of hydrogen-bond donors (Lipinski definition) is 1. The smallest absolute Gasteiger partial charge is 0.253 e. The van der Waals surface area contributed by atoms with Crippen LogP contribution in [0.3, 0.4) is 0 Å². The summed E-state index contributed by atoms with van der Waals surface area (Å²) in [6, 6.07) is 7.40. The molecular formula is C15H22N2O3S. The summed E-state index contributed by atoms with van der Waals surface area (Å²) in [6.45, 7) is 5.50. The van der Waals surface area contributed by atoms with Gasteiger partial charge in [-0.1, -0.05) is 12.1 Å². The highest BCUT2D eigenvalue weighted by atomic mass is 32.2. The van der Waals surface area contributed by atoms with Gasteiger partial charge in [-0.2, -0.15) is 0 Å². The quantitative estimate of drug-likeness (QED) is 0.906. The van der Waals surface area contributed by atoms with Crippen molar-refractivity contribution in [2.45, 2.75) is 31.7 Å². The number of benzene rings is 1. The largest absolute Gasteiger partial charge is 0.336 e. The van der Waals surface area contributed by atoms with Gasteiger partial charge in [-0.15, -0.1) is 0 Å². The van der Waals surface area contributed by atoms with Gasteiger partial charge >= 0.3 is 0 Å². The van der Waals surface area contributed by atoms with Gasteiger partial charge in [0.2, 0.25) is 0 Å². The van der Waals surface area contributed by atoms with Crippen LogP contribution in [-0.4, -0.2) is 50.7 Å². The molecule has 1 saturated heterocycles. The molecule has 1 aliphatic heterocycles. The van der Waals surface area contributed by atoms with Crippen molar-refractivity contribution in [3.05, 3.63) is 35.4 Å². The zero-order chi connectivity index (χ0) is 15.6. The van der Waals surface area contributed by atoms with Gasteiger partial charge in [0.15, 0.2) is 9.84 Å². The summed E-state index contributed by atoms with van der Waals surface area (Å²) in [6.07, 6.45) is 1.20. The van der Waals surface area contributed by atoms with Crippen molar-refractivity contribution in [1.82, 2.24) is 10.2 Å². The molecule has 1 amide bonds. The lowest BCUT2D eigenvalue weighted by atomic mass is 10.1. The van der Waals surface area contributed by atoms with Crippen molar-refractivity contribution < 1.29 is 13.2 Å². The topological polar surface area (TPSA) is 66.5 Å². The van der Waals surface area contributed by atoms with E-state index in [2.05, 4.69) is 19.2 Å². The maximum atomic E-state index is 12.5. The number of sulfone groups is 1. The number of carbonyl (C=O) groups is 1. The van der Waals surface area contributed by atoms with Crippen molar-refractivity contribution >= 4 is 15.7 Å². The van der Waals surface area contributed by atoms with Gasteiger partial charge in [0.25, 0.3) is 5.91 Å². The van der Waals surface area contributed by atoms with Gasteiger partial charge in [0, 0.05) is 37.0 Å². The van der Waals surface area contributed by atoms with Crippen LogP contribution in [0.25, 0.3) is 0 Å². The maximum Gasteiger partial charge on any atom is 0.253 e. The van der Waals surface area contributed by atoms with Gasteiger partial charge in [-0.3, -0.25) is 4.79 Å². The third-order valence-electron chi connectivity index (χ3n) is 3.47. The molecule has 1 N–H and O–H groups in total. The standard InChI is InChI=1S/C15H22N2O3S/c1-11-8-17(9-12(2)16-11)15(18)14-6-4-13(5-7-14)10-21(3,19)20/h4-7,11-12,16H,8-10H2,1-3H3/t11-,12+. The van der Waals surface area contributed by atoms with Crippen LogP contribution in [0.2, 0.25) is 0 Å². The molecular weight excluding hydrogens is 288 g/mol. The number of hydrogen-bond acceptors (Lipinski definition) is 4. The van der Waals surface area contributed by atoms with Crippen LogP contribution in [0.5, 0.6) is 0 Å². The second-order valence-electron chi connectivity index (χ2n) is 5.95. The molecule has 0 aromatic heterocycles. The third-order valence-corrected chi connectivity index (χ3v) is 4.33. The van der Waals surface area contributed by atoms with E-state index in [-0.39, 0.29) is 23.7 Å². The molecule has 5 nitrogen and oxygen atoms in total. The second kappa shape index (κ2) is 6.15. The van der Waals surface area contributed by atoms with Crippen LogP contribution in [0.15, 0.2) is 24.3 Å². The normalized spacial score (nSPS) is 23.1. The van der Waals surface area contributed by atoms with E-state index in [1.807, 2.05) is 4.90 Å². The molecule has 0 saturated carbocycles. The Morgan fingerprint density at radius 1 is 1.19 bits per heavy atom. The summed E-state index contributed by atoms with van der Waals surface area (Å²) in [7, 11) is -3.05. The fourth-order valence-corrected chi connectivity index (χ4v) is 3.52. The molecule has 21 heavy (non-hydrogen) atoms. The van der Waals surface area contributed by atoms with Crippen LogP contribution >= 0.6 is 0 Å². The maximum absolute atomic E-state index is 12.5. The highest BCUT2D eigenvalue weighted by Gasteiger charge is 2.25. The minimum Gasteiger partial charge on any atom is -0.336 e. The van der Waals surface area contributed by atoms with Crippen molar-refractivity contribution in [2.75, 3.05) is 19.3 Å². The van der Waals surface area contributed by atoms with E-state index < -0.39 is 9.84 Å². The summed E-state index contributed by atoms with van der Waals surface area (Å²) in [5, 5.41) is 3.39. The molecule has 2 atom stereocenters. The van der Waals surface area contributed by atoms with E-state index in [1.54, 1.807) is 24.3 Å². The fourth-order valence-electron chi connectivity index (χ4n) is 2.72. The van der Waals surface area contributed by atoms with E-state index in [4.69, 9.17) is 0 Å². The molecule has 1 heterocycles. The molecule has 1 fully saturated rings. The van der Waals surface area contributed by atoms with Crippen molar-refractivity contribution in [1.29, 1.82) is 0 Å². The first-order valence-corrected chi connectivity index (χ1v) is 9.12. The molecule has 0 unspecified atom stereocenters. The van der Waals surface area contributed by atoms with Gasteiger partial charge in [-0.25, -0.2) is 8.42 Å². The zero-order valence-electron chi connectivity index (χ0n) is 12.7. The Kier molecular flexibility index (Phi) is 4.68. The van der Waals surface area contributed by atoms with Gasteiger partial charge < -0.3 is 10.2 Å². The average molecular weight is 310 g/mol. The Morgan fingerprint density at radius 3 is 2.19 bits per heavy atom. The van der Waals surface area contributed by atoms with Crippen molar-refractivity contribution in [2.24, 2.45) is 0 Å². The first kappa shape index (κ1) is 16.0. The van der Waals surface area contributed by atoms with Gasteiger partial charge in [-0.05, 0) is 31.5 Å². The first-order chi connectivity index (χ1) is 9.74. The van der Waals surface area contributed by atoms with Crippen LogP contribution in [0, 0.1) is 0 Å². The van der Waals surface area contributed by atoms with Crippen LogP contribution in [0.1, 0.15) is 29.8 Å². The molecule has 0 radical (unpaired) electrons. The zero-order valence-corrected chi connectivity index (χ0v) is 13.5. The monoisotopic (exact) mass is 310 g/mol. The molecule has 6 heteroatoms. The molecule has 1 aromatic carbocycles. The van der Waals surface area contributed by atoms with Crippen LogP contribution in [-0.2, 0) is 15.6 Å². The predicted molar refractivity (Wildman–Crippen MR) is 83.0 cm³/mol. The van der Waals surface area contributed by atoms with E-state index in [9.17, 15) is 13.2 Å². The summed E-state index contributed by atoms with van der Waals surface area (Å²) < 4.78 is 22.5. The number of piperazine rings is 1. The summed E-state index contributed by atoms with van der Waals surface area (Å²) in [5.41, 5.74) is 1.31. The SMILES string of the molecule is C[C@@H]1CN(C(=O)c2ccc(CS(C)(=O)=O)cc2)C[C@H](C)N1. The molecule has 2 rings (SSSR count). The average Bonchev–Trinajstić information content (AvgIpc) is 2.35. The lowest BCUT2D eigenvalue weighted by molar-refractivity contribution is 0.0674. The van der Waals surface area contributed by atoms with Crippen LogP contribution in [0.4, 0.5) is 0 Å². The predicted octanol–water partition coefficient (Wildman–Crippen LogP) is 1.05. The molecule has 1 aliphatic rings. The molecule has 116 valence electrons. The Labute approximate surface area is 126 Å². The van der Waals surface area contributed by atoms with Crippen molar-refractivity contribution in [3.63, 3.8) is 0 Å². The van der Waals surface area contributed by atoms with Crippen molar-refractivity contribution in [3.8, 4) is 0 Å². The fraction of sp³-hybridized carbons (Fsp3) is 0.533. The molecule has 0 bridgehead atoms. The number of carbonyl (C=O) groups excluding carboxylic acids is 1. The van der Waals surface area contributed by atoms with Crippen LogP contribution < -0.4 is 5.32 Å². The Morgan fingerprint density at radius 2 is 1.71 bits per heavy atom. The minimum atomic E-state index is -3.05. The summed E-state index contributed by atoms with van der Waals surface area (Å²) >= 11 is 0. The Hall–Kier alpha value is -1.40. The number of amides is 1. The highest BCUT2D eigenvalue weighted by Crippen LogP contribution is 2.13. The lowest BCUT2D eigenvalue weighted by Crippen LogP contribution is -2.55. The summed E-state index contributed by atoms with van der Waals surface area (Å²) in [4.78, 5) is 14.3. The third kappa shape index (κ3) is 4.54. The molecule has 0 spiro atoms. The minimum absolute atomic E-state index is 0.00102. The highest BCUT2D eigenvalue weighted by molar-refractivity contribution is 7.89. The first-order valence-electron chi connectivity index (χ1n) is 7.06. The Balaban J connectivity index is 2.09. The van der Waals surface area contributed by atoms with Gasteiger partial charge in [0.1, 0.15) is 0 Å². The number of rotatable bonds is 3. The number of nitrogens with zero attached hydrogens (tertiary/aromatic N) is 1. The van der Waals surface area contributed by atoms with Gasteiger partial charge in [0.05, 0.1) is 5.75 Å².